The van der Waals surface area contributed by atoms with Crippen LogP contribution in [0.3, 0.4) is 0 Å². The summed E-state index contributed by atoms with van der Waals surface area (Å²) in [5.41, 5.74) is 5.19. The molecule has 0 spiro atoms. The minimum Gasteiger partial charge on any atom is -0.329 e. The Hall–Kier alpha value is -1.00. The minimum absolute atomic E-state index is 0.757. The van der Waals surface area contributed by atoms with Crippen molar-refractivity contribution in [2.75, 3.05) is 27.2 Å². The monoisotopic (exact) mass is 168 g/mol. The molecule has 0 aromatic carbocycles. The van der Waals surface area contributed by atoms with Crippen molar-refractivity contribution in [3.05, 3.63) is 24.8 Å². The lowest BCUT2D eigenvalue weighted by Gasteiger charge is -2.03. The number of hydrogen-bond acceptors (Lipinski definition) is 4. The number of likely N-dealkylation sites (N-methyl/N-ethyl adjacent to an activating group) is 1. The Bertz CT molecular complexity index is 137. The minimum atomic E-state index is 0.757. The van der Waals surface area contributed by atoms with E-state index in [1.54, 1.807) is 24.8 Å². The van der Waals surface area contributed by atoms with Gasteiger partial charge in [0.1, 0.15) is 0 Å². The summed E-state index contributed by atoms with van der Waals surface area (Å²) in [7, 11) is 4.01. The van der Waals surface area contributed by atoms with Gasteiger partial charge in [-0.25, -0.2) is 0 Å². The number of nitrogens with zero attached hydrogens (tertiary/aromatic N) is 3. The Morgan fingerprint density at radius 3 is 1.58 bits per heavy atom. The van der Waals surface area contributed by atoms with E-state index in [9.17, 15) is 0 Å². The quantitative estimate of drug-likeness (QED) is 0.674. The molecule has 0 aliphatic carbocycles. The van der Waals surface area contributed by atoms with Crippen LogP contribution in [0.1, 0.15) is 0 Å². The van der Waals surface area contributed by atoms with Gasteiger partial charge in [-0.2, -0.15) is 0 Å². The number of hydrogen-bond donors (Lipinski definition) is 1. The van der Waals surface area contributed by atoms with Crippen LogP contribution in [0.2, 0.25) is 0 Å². The summed E-state index contributed by atoms with van der Waals surface area (Å²) >= 11 is 0. The molecule has 1 aromatic heterocycles. The molecule has 0 bridgehead atoms. The maximum absolute atomic E-state index is 5.19. The summed E-state index contributed by atoms with van der Waals surface area (Å²) in [6.45, 7) is 1.74. The van der Waals surface area contributed by atoms with Crippen molar-refractivity contribution in [2.45, 2.75) is 0 Å². The average Bonchev–Trinajstić information content (AvgIpc) is 2.08. The van der Waals surface area contributed by atoms with Gasteiger partial charge in [-0.15, -0.1) is 0 Å². The van der Waals surface area contributed by atoms with Crippen LogP contribution in [-0.2, 0) is 0 Å². The summed E-state index contributed by atoms with van der Waals surface area (Å²) in [6, 6.07) is 0. The third-order valence-corrected chi connectivity index (χ3v) is 1.05. The Balaban J connectivity index is 0.000000202. The molecular formula is C8H16N4. The molecule has 0 radical (unpaired) electrons. The predicted molar refractivity (Wildman–Crippen MR) is 49.6 cm³/mol. The normalized spacial score (nSPS) is 9.00. The molecule has 68 valence electrons. The van der Waals surface area contributed by atoms with Gasteiger partial charge >= 0.3 is 0 Å². The molecule has 4 heteroatoms. The van der Waals surface area contributed by atoms with Crippen molar-refractivity contribution in [3.8, 4) is 0 Å². The van der Waals surface area contributed by atoms with Crippen LogP contribution in [0, 0.1) is 0 Å². The van der Waals surface area contributed by atoms with E-state index >= 15 is 0 Å². The lowest BCUT2D eigenvalue weighted by Crippen LogP contribution is -2.20. The molecule has 0 fully saturated rings. The topological polar surface area (TPSA) is 55.0 Å². The summed E-state index contributed by atoms with van der Waals surface area (Å²) in [6.07, 6.45) is 6.56. The SMILES string of the molecule is CN(C)CCN.c1cnccn1. The molecule has 0 unspecified atom stereocenters. The fourth-order valence-electron chi connectivity index (χ4n) is 0.512. The summed E-state index contributed by atoms with van der Waals surface area (Å²) in [5.74, 6) is 0. The zero-order chi connectivity index (χ0) is 9.23. The van der Waals surface area contributed by atoms with Crippen LogP contribution in [0.25, 0.3) is 0 Å². The Kier molecular flexibility index (Phi) is 7.42. The standard InChI is InChI=1S/C4H4N2.C4H12N2/c1-2-6-4-3-5-1;1-6(2)4-3-5/h1-4H;3-5H2,1-2H3. The van der Waals surface area contributed by atoms with Gasteiger partial charge < -0.3 is 10.6 Å². The second-order valence-electron chi connectivity index (χ2n) is 2.49. The smallest absolute Gasteiger partial charge is 0.0451 e. The predicted octanol–water partition coefficient (Wildman–Crippen LogP) is -0.0167. The van der Waals surface area contributed by atoms with Crippen molar-refractivity contribution in [1.82, 2.24) is 14.9 Å². The van der Waals surface area contributed by atoms with Crippen LogP contribution in [0.4, 0.5) is 0 Å². The number of aromatic nitrogens is 2. The van der Waals surface area contributed by atoms with Gasteiger partial charge in [0.25, 0.3) is 0 Å². The van der Waals surface area contributed by atoms with Crippen LogP contribution in [-0.4, -0.2) is 42.1 Å². The van der Waals surface area contributed by atoms with Gasteiger partial charge in [0.15, 0.2) is 0 Å². The molecule has 0 amide bonds. The largest absolute Gasteiger partial charge is 0.329 e. The van der Waals surface area contributed by atoms with Crippen LogP contribution < -0.4 is 5.73 Å². The fourth-order valence-corrected chi connectivity index (χ4v) is 0.512. The molecule has 1 aromatic rings. The zero-order valence-electron chi connectivity index (χ0n) is 7.64. The Morgan fingerprint density at radius 2 is 1.50 bits per heavy atom. The molecule has 0 aliphatic heterocycles. The number of rotatable bonds is 2. The van der Waals surface area contributed by atoms with Gasteiger partial charge in [0.05, 0.1) is 0 Å². The Labute approximate surface area is 73.4 Å². The van der Waals surface area contributed by atoms with Crippen molar-refractivity contribution in [3.63, 3.8) is 0 Å². The van der Waals surface area contributed by atoms with E-state index in [0.29, 0.717) is 0 Å². The van der Waals surface area contributed by atoms with Gasteiger partial charge in [-0.1, -0.05) is 0 Å². The second-order valence-corrected chi connectivity index (χ2v) is 2.49. The van der Waals surface area contributed by atoms with Crippen LogP contribution in [0.5, 0.6) is 0 Å². The summed E-state index contributed by atoms with van der Waals surface area (Å²) in [4.78, 5) is 9.50. The first-order chi connectivity index (χ1) is 5.77. The molecule has 12 heavy (non-hydrogen) atoms. The third-order valence-electron chi connectivity index (χ3n) is 1.05. The van der Waals surface area contributed by atoms with Crippen molar-refractivity contribution in [2.24, 2.45) is 5.73 Å². The van der Waals surface area contributed by atoms with Gasteiger partial charge in [0, 0.05) is 37.9 Å². The second kappa shape index (κ2) is 8.10. The van der Waals surface area contributed by atoms with Crippen molar-refractivity contribution >= 4 is 0 Å². The highest BCUT2D eigenvalue weighted by Crippen LogP contribution is 1.65. The molecule has 1 rings (SSSR count). The van der Waals surface area contributed by atoms with E-state index in [1.165, 1.54) is 0 Å². The first-order valence-electron chi connectivity index (χ1n) is 3.82. The molecule has 1 heterocycles. The molecule has 0 saturated heterocycles. The maximum atomic E-state index is 5.19. The highest BCUT2D eigenvalue weighted by Gasteiger charge is 1.79. The molecule has 2 N–H and O–H groups in total. The van der Waals surface area contributed by atoms with E-state index in [4.69, 9.17) is 5.73 Å². The fraction of sp³-hybridized carbons (Fsp3) is 0.500. The van der Waals surface area contributed by atoms with E-state index in [1.807, 2.05) is 14.1 Å². The number of nitrogens with two attached hydrogens (primary N) is 1. The summed E-state index contributed by atoms with van der Waals surface area (Å²) in [5, 5.41) is 0. The maximum Gasteiger partial charge on any atom is 0.0451 e. The Morgan fingerprint density at radius 1 is 1.08 bits per heavy atom. The van der Waals surface area contributed by atoms with E-state index in [2.05, 4.69) is 14.9 Å². The molecule has 0 atom stereocenters. The highest BCUT2D eigenvalue weighted by molar-refractivity contribution is 4.70. The molecular weight excluding hydrogens is 152 g/mol. The molecule has 0 saturated carbocycles. The van der Waals surface area contributed by atoms with Gasteiger partial charge in [-0.3, -0.25) is 9.97 Å². The summed E-state index contributed by atoms with van der Waals surface area (Å²) < 4.78 is 0. The first-order valence-corrected chi connectivity index (χ1v) is 3.82. The van der Waals surface area contributed by atoms with Crippen LogP contribution >= 0.6 is 0 Å². The highest BCUT2D eigenvalue weighted by atomic mass is 15.1. The van der Waals surface area contributed by atoms with Crippen molar-refractivity contribution < 1.29 is 0 Å². The average molecular weight is 168 g/mol. The van der Waals surface area contributed by atoms with E-state index in [-0.39, 0.29) is 0 Å². The lowest BCUT2D eigenvalue weighted by atomic mass is 10.6. The van der Waals surface area contributed by atoms with Gasteiger partial charge in [-0.05, 0) is 14.1 Å². The first kappa shape index (κ1) is 11.0. The molecule has 0 aliphatic rings. The lowest BCUT2D eigenvalue weighted by molar-refractivity contribution is 0.420. The van der Waals surface area contributed by atoms with Gasteiger partial charge in [0.2, 0.25) is 0 Å². The van der Waals surface area contributed by atoms with E-state index < -0.39 is 0 Å². The molecule has 4 nitrogen and oxygen atoms in total. The van der Waals surface area contributed by atoms with Crippen LogP contribution in [0.15, 0.2) is 24.8 Å². The zero-order valence-corrected chi connectivity index (χ0v) is 7.64. The third kappa shape index (κ3) is 9.00. The van der Waals surface area contributed by atoms with E-state index in [0.717, 1.165) is 13.1 Å². The van der Waals surface area contributed by atoms with Crippen molar-refractivity contribution in [1.29, 1.82) is 0 Å².